The largest absolute Gasteiger partial charge is 0.459 e. The van der Waals surface area contributed by atoms with E-state index in [0.29, 0.717) is 19.2 Å². The number of pyridine rings is 1. The second-order valence-corrected chi connectivity index (χ2v) is 8.17. The van der Waals surface area contributed by atoms with Crippen molar-refractivity contribution in [3.05, 3.63) is 65.7 Å². The Hall–Kier alpha value is -2.96. The summed E-state index contributed by atoms with van der Waals surface area (Å²) in [5.74, 6) is 1.78. The van der Waals surface area contributed by atoms with E-state index in [2.05, 4.69) is 41.0 Å². The highest BCUT2D eigenvalue weighted by molar-refractivity contribution is 6.04. The minimum absolute atomic E-state index is 0.379. The van der Waals surface area contributed by atoms with Crippen molar-refractivity contribution in [2.75, 3.05) is 20.3 Å². The molecule has 162 valence electrons. The van der Waals surface area contributed by atoms with Crippen LogP contribution in [0.5, 0.6) is 0 Å². The monoisotopic (exact) mass is 419 g/mol. The van der Waals surface area contributed by atoms with Gasteiger partial charge in [0.2, 0.25) is 0 Å². The summed E-state index contributed by atoms with van der Waals surface area (Å²) in [6.45, 7) is 6.61. The maximum Gasteiger partial charge on any atom is 0.142 e. The molecule has 1 N–H and O–H groups in total. The van der Waals surface area contributed by atoms with E-state index >= 15 is 0 Å². The van der Waals surface area contributed by atoms with Crippen LogP contribution < -0.4 is 0 Å². The van der Waals surface area contributed by atoms with E-state index in [1.165, 1.54) is 5.56 Å². The van der Waals surface area contributed by atoms with E-state index in [4.69, 9.17) is 9.15 Å². The molecular weight excluding hydrogens is 390 g/mol. The van der Waals surface area contributed by atoms with Gasteiger partial charge in [0.25, 0.3) is 0 Å². The fourth-order valence-corrected chi connectivity index (χ4v) is 4.12. The highest BCUT2D eigenvalue weighted by Gasteiger charge is 2.22. The van der Waals surface area contributed by atoms with Crippen LogP contribution >= 0.6 is 0 Å². The average Bonchev–Trinajstić information content (AvgIpc) is 3.40. The van der Waals surface area contributed by atoms with Gasteiger partial charge in [-0.15, -0.1) is 0 Å². The van der Waals surface area contributed by atoms with Gasteiger partial charge in [-0.05, 0) is 62.1 Å². The zero-order valence-corrected chi connectivity index (χ0v) is 18.3. The van der Waals surface area contributed by atoms with Crippen LogP contribution in [0.4, 0.5) is 0 Å². The minimum Gasteiger partial charge on any atom is -0.459 e. The Morgan fingerprint density at radius 3 is 2.61 bits per heavy atom. The summed E-state index contributed by atoms with van der Waals surface area (Å²) in [6, 6.07) is 12.8. The van der Waals surface area contributed by atoms with Crippen molar-refractivity contribution in [2.24, 2.45) is 5.16 Å². The van der Waals surface area contributed by atoms with E-state index in [-0.39, 0.29) is 0 Å². The molecule has 0 atom stereocenters. The lowest BCUT2D eigenvalue weighted by Gasteiger charge is -2.24. The van der Waals surface area contributed by atoms with Gasteiger partial charge in [-0.25, -0.2) is 0 Å². The number of hydrogen-bond donors (Lipinski definition) is 1. The third-order valence-electron chi connectivity index (χ3n) is 5.88. The Bertz CT molecular complexity index is 1060. The van der Waals surface area contributed by atoms with E-state index in [9.17, 15) is 5.21 Å². The Balaban J connectivity index is 1.73. The Kier molecular flexibility index (Phi) is 6.49. The Labute approximate surface area is 183 Å². The molecule has 0 spiro atoms. The molecule has 0 amide bonds. The van der Waals surface area contributed by atoms with Crippen LogP contribution in [0.15, 0.2) is 58.4 Å². The zero-order chi connectivity index (χ0) is 21.8. The summed E-state index contributed by atoms with van der Waals surface area (Å²) in [6.07, 6.45) is 5.24. The van der Waals surface area contributed by atoms with E-state index in [0.717, 1.165) is 58.9 Å². The second kappa shape index (κ2) is 9.45. The van der Waals surface area contributed by atoms with E-state index in [1.54, 1.807) is 19.5 Å². The van der Waals surface area contributed by atoms with E-state index in [1.807, 2.05) is 24.3 Å². The minimum atomic E-state index is 0.379. The van der Waals surface area contributed by atoms with Gasteiger partial charge in [-0.1, -0.05) is 17.3 Å². The standard InChI is InChI=1S/C25H29N3O3/c1-17(2)28(12-13-30-3)16-21-15-23(18-8-10-26-11-9-18)25(31-21)20-4-6-22-19(14-20)5-7-24(22)27-29/h4,6,8-11,14-15,17,29H,5,7,12-13,16H2,1-3H3/b27-24+. The average molecular weight is 420 g/mol. The molecule has 0 unspecified atom stereocenters. The number of aryl methyl sites for hydroxylation is 1. The van der Waals surface area contributed by atoms with Crippen molar-refractivity contribution in [3.63, 3.8) is 0 Å². The van der Waals surface area contributed by atoms with Gasteiger partial charge in [0, 0.05) is 48.8 Å². The number of rotatable bonds is 8. The molecule has 0 fully saturated rings. The lowest BCUT2D eigenvalue weighted by molar-refractivity contribution is 0.119. The Morgan fingerprint density at radius 1 is 1.10 bits per heavy atom. The molecule has 1 aliphatic carbocycles. The topological polar surface area (TPSA) is 71.1 Å². The normalized spacial score (nSPS) is 14.7. The number of nitrogens with zero attached hydrogens (tertiary/aromatic N) is 3. The van der Waals surface area contributed by atoms with Crippen molar-refractivity contribution in [1.82, 2.24) is 9.88 Å². The van der Waals surface area contributed by atoms with Crippen LogP contribution in [-0.4, -0.2) is 47.1 Å². The quantitative estimate of drug-likeness (QED) is 0.411. The fourth-order valence-electron chi connectivity index (χ4n) is 4.12. The predicted molar refractivity (Wildman–Crippen MR) is 121 cm³/mol. The molecule has 2 heterocycles. The number of methoxy groups -OCH3 is 1. The smallest absolute Gasteiger partial charge is 0.142 e. The van der Waals surface area contributed by atoms with Crippen molar-refractivity contribution in [2.45, 2.75) is 39.3 Å². The van der Waals surface area contributed by atoms with Crippen molar-refractivity contribution < 1.29 is 14.4 Å². The first-order chi connectivity index (χ1) is 15.1. The summed E-state index contributed by atoms with van der Waals surface area (Å²) < 4.78 is 11.7. The lowest BCUT2D eigenvalue weighted by atomic mass is 9.99. The molecule has 4 rings (SSSR count). The second-order valence-electron chi connectivity index (χ2n) is 8.17. The molecule has 1 aliphatic rings. The number of ether oxygens (including phenoxy) is 1. The molecule has 6 heteroatoms. The first kappa shape index (κ1) is 21.3. The molecule has 0 aliphatic heterocycles. The molecule has 0 bridgehead atoms. The summed E-state index contributed by atoms with van der Waals surface area (Å²) in [4.78, 5) is 6.50. The molecule has 1 aromatic carbocycles. The molecule has 3 aromatic rings. The van der Waals surface area contributed by atoms with Gasteiger partial charge in [0.1, 0.15) is 11.5 Å². The summed E-state index contributed by atoms with van der Waals surface area (Å²) in [5, 5.41) is 12.7. The molecule has 0 saturated carbocycles. The molecular formula is C25H29N3O3. The lowest BCUT2D eigenvalue weighted by Crippen LogP contribution is -2.33. The first-order valence-electron chi connectivity index (χ1n) is 10.7. The number of aromatic nitrogens is 1. The third-order valence-corrected chi connectivity index (χ3v) is 5.88. The molecule has 2 aromatic heterocycles. The SMILES string of the molecule is COCCN(Cc1cc(-c2ccncc2)c(-c2ccc3c(c2)CC/C3=N\O)o1)C(C)C. The first-order valence-corrected chi connectivity index (χ1v) is 10.7. The summed E-state index contributed by atoms with van der Waals surface area (Å²) in [7, 11) is 1.73. The molecule has 6 nitrogen and oxygen atoms in total. The maximum atomic E-state index is 9.24. The van der Waals surface area contributed by atoms with Crippen LogP contribution in [-0.2, 0) is 17.7 Å². The molecule has 31 heavy (non-hydrogen) atoms. The number of benzene rings is 1. The van der Waals surface area contributed by atoms with Crippen molar-refractivity contribution >= 4 is 5.71 Å². The molecule has 0 radical (unpaired) electrons. The fraction of sp³-hybridized carbons (Fsp3) is 0.360. The summed E-state index contributed by atoms with van der Waals surface area (Å²) >= 11 is 0. The maximum absolute atomic E-state index is 9.24. The van der Waals surface area contributed by atoms with Gasteiger partial charge >= 0.3 is 0 Å². The van der Waals surface area contributed by atoms with Gasteiger partial charge < -0.3 is 14.4 Å². The van der Waals surface area contributed by atoms with Gasteiger partial charge in [0.05, 0.1) is 18.9 Å². The Morgan fingerprint density at radius 2 is 1.90 bits per heavy atom. The van der Waals surface area contributed by atoms with Gasteiger partial charge in [0.15, 0.2) is 0 Å². The van der Waals surface area contributed by atoms with Crippen LogP contribution in [0.2, 0.25) is 0 Å². The number of oxime groups is 1. The van der Waals surface area contributed by atoms with Crippen LogP contribution in [0, 0.1) is 0 Å². The summed E-state index contributed by atoms with van der Waals surface area (Å²) in [5.41, 5.74) is 6.13. The van der Waals surface area contributed by atoms with E-state index < -0.39 is 0 Å². The number of hydrogen-bond acceptors (Lipinski definition) is 6. The predicted octanol–water partition coefficient (Wildman–Crippen LogP) is 4.99. The third kappa shape index (κ3) is 4.55. The van der Waals surface area contributed by atoms with Crippen molar-refractivity contribution in [3.8, 4) is 22.5 Å². The number of fused-ring (bicyclic) bond motifs is 1. The van der Waals surface area contributed by atoms with Crippen LogP contribution in [0.25, 0.3) is 22.5 Å². The highest BCUT2D eigenvalue weighted by atomic mass is 16.5. The van der Waals surface area contributed by atoms with Crippen LogP contribution in [0.3, 0.4) is 0 Å². The van der Waals surface area contributed by atoms with Gasteiger partial charge in [-0.2, -0.15) is 0 Å². The molecule has 0 saturated heterocycles. The van der Waals surface area contributed by atoms with Crippen molar-refractivity contribution in [1.29, 1.82) is 0 Å². The number of furan rings is 1. The zero-order valence-electron chi connectivity index (χ0n) is 18.3. The van der Waals surface area contributed by atoms with Gasteiger partial charge in [-0.3, -0.25) is 9.88 Å². The van der Waals surface area contributed by atoms with Crippen LogP contribution in [0.1, 0.15) is 37.2 Å². The highest BCUT2D eigenvalue weighted by Crippen LogP contribution is 2.37.